The van der Waals surface area contributed by atoms with Crippen molar-refractivity contribution < 1.29 is 16.4 Å². The standard InChI is InChI=1S/C60H39N9.B/c1-4-19-55-52(16-1)64-58(67(55)46-28-22-40(23-29-46)49-13-7-10-34-61-49)43-37-44(59-65-53-17-2-5-20-56(53)68(59)47-30-24-41(25-31-47)50-14-8-11-35-62-50)39-45(38-43)60-66-54-18-3-6-21-57(54)69(60)48-32-26-42(27-33-48)51-15-9-12-36-63-51;/h1-39H;/i7D,8D,9D,10D,11D,12D,13D,14D,15D,34D,35D,36D;. The second-order valence-corrected chi connectivity index (χ2v) is 16.1. The lowest BCUT2D eigenvalue weighted by Gasteiger charge is -2.16. The predicted octanol–water partition coefficient (Wildman–Crippen LogP) is 13.5. The maximum absolute atomic E-state index is 8.62. The van der Waals surface area contributed by atoms with E-state index in [1.165, 1.54) is 0 Å². The Morgan fingerprint density at radius 3 is 0.900 bits per heavy atom. The van der Waals surface area contributed by atoms with E-state index >= 15 is 0 Å². The minimum atomic E-state index is -0.416. The van der Waals surface area contributed by atoms with E-state index in [9.17, 15) is 0 Å². The maximum Gasteiger partial charge on any atom is 0.145 e. The number of nitrogens with zero attached hydrogens (tertiary/aromatic N) is 9. The van der Waals surface area contributed by atoms with Crippen molar-refractivity contribution in [2.24, 2.45) is 0 Å². The second kappa shape index (κ2) is 17.6. The summed E-state index contributed by atoms with van der Waals surface area (Å²) in [4.78, 5) is 28.6. The predicted molar refractivity (Wildman–Crippen MR) is 282 cm³/mol. The number of pyridine rings is 3. The van der Waals surface area contributed by atoms with Crippen LogP contribution in [0.15, 0.2) is 237 Å². The van der Waals surface area contributed by atoms with Gasteiger partial charge in [-0.3, -0.25) is 28.7 Å². The number of benzene rings is 7. The van der Waals surface area contributed by atoms with Crippen LogP contribution in [-0.4, -0.2) is 52.0 Å². The number of imidazole rings is 3. The quantitative estimate of drug-likeness (QED) is 0.134. The Morgan fingerprint density at radius 2 is 0.600 bits per heavy atom. The van der Waals surface area contributed by atoms with E-state index in [0.717, 1.165) is 16.6 Å². The number of hydrogen-bond donors (Lipinski definition) is 0. The molecule has 6 heterocycles. The molecule has 10 heteroatoms. The Bertz CT molecular complexity index is 4250. The van der Waals surface area contributed by atoms with Crippen LogP contribution in [0.4, 0.5) is 0 Å². The first-order valence-electron chi connectivity index (χ1n) is 27.9. The molecule has 13 rings (SSSR count). The highest BCUT2D eigenvalue weighted by atomic mass is 15.1. The van der Waals surface area contributed by atoms with Crippen molar-refractivity contribution in [3.05, 3.63) is 237 Å². The first kappa shape index (κ1) is 30.7. The molecule has 0 unspecified atom stereocenters. The van der Waals surface area contributed by atoms with Crippen LogP contribution < -0.4 is 0 Å². The van der Waals surface area contributed by atoms with Gasteiger partial charge in [0.25, 0.3) is 0 Å². The van der Waals surface area contributed by atoms with E-state index in [2.05, 4.69) is 15.0 Å². The minimum absolute atomic E-state index is 0. The SMILES string of the molecule is [2H]c1nc(-c2ccc(-n3c(-c4cc(-c5nc6ccccc6n5-c5ccc(-c6nc([2H])c([2H])c([2H])c6[2H])cc5)cc(-c5nc6ccccc6n5-c5ccc(-c6nc([2H])c([2H])c([2H])c6[2H])cc5)c4)nc4ccccc43)cc2)c([2H])c([2H])c1[2H].[B]. The average molecular weight is 909 g/mol. The molecule has 0 saturated heterocycles. The molecule has 0 aliphatic heterocycles. The van der Waals surface area contributed by atoms with Gasteiger partial charge in [-0.15, -0.1) is 0 Å². The zero-order chi connectivity index (χ0) is 56.1. The molecule has 0 atom stereocenters. The van der Waals surface area contributed by atoms with Gasteiger partial charge in [0.15, 0.2) is 0 Å². The molecular weight excluding hydrogens is 858 g/mol. The lowest BCUT2D eigenvalue weighted by molar-refractivity contribution is 1.09. The largest absolute Gasteiger partial charge is 0.292 e. The van der Waals surface area contributed by atoms with Crippen LogP contribution in [0.3, 0.4) is 0 Å². The highest BCUT2D eigenvalue weighted by molar-refractivity contribution is 5.90. The molecule has 3 radical (unpaired) electrons. The van der Waals surface area contributed by atoms with Gasteiger partial charge in [0.05, 0.1) is 66.6 Å². The zero-order valence-electron chi connectivity index (χ0n) is 48.7. The summed E-state index contributed by atoms with van der Waals surface area (Å²) in [5.74, 6) is 1.64. The fourth-order valence-electron chi connectivity index (χ4n) is 8.86. The smallest absolute Gasteiger partial charge is 0.145 e. The van der Waals surface area contributed by atoms with Gasteiger partial charge >= 0.3 is 0 Å². The van der Waals surface area contributed by atoms with Gasteiger partial charge in [-0.1, -0.05) is 90.9 Å². The molecule has 327 valence electrons. The van der Waals surface area contributed by atoms with E-state index in [-0.39, 0.29) is 61.7 Å². The van der Waals surface area contributed by atoms with Crippen molar-refractivity contribution in [2.75, 3.05) is 0 Å². The molecule has 0 fully saturated rings. The summed E-state index contributed by atoms with van der Waals surface area (Å²) in [5.41, 5.74) is 10.3. The second-order valence-electron chi connectivity index (χ2n) is 16.1. The van der Waals surface area contributed by atoms with Gasteiger partial charge in [-0.25, -0.2) is 15.0 Å². The molecule has 7 aromatic carbocycles. The van der Waals surface area contributed by atoms with Crippen molar-refractivity contribution in [1.82, 2.24) is 43.6 Å². The molecule has 13 aromatic rings. The minimum Gasteiger partial charge on any atom is -0.292 e. The summed E-state index contributed by atoms with van der Waals surface area (Å²) in [6.07, 6.45) is -1.18. The van der Waals surface area contributed by atoms with E-state index in [0.29, 0.717) is 84.5 Å². The van der Waals surface area contributed by atoms with Crippen LogP contribution in [0.25, 0.3) is 118 Å². The van der Waals surface area contributed by atoms with E-state index in [4.69, 9.17) is 31.4 Å². The number of aromatic nitrogens is 9. The first-order chi connectivity index (χ1) is 39.1. The molecule has 6 aromatic heterocycles. The third-order valence-corrected chi connectivity index (χ3v) is 12.0. The molecule has 70 heavy (non-hydrogen) atoms. The van der Waals surface area contributed by atoms with Gasteiger partial charge in [-0.2, -0.15) is 0 Å². The number of fused-ring (bicyclic) bond motifs is 3. The number of hydrogen-bond acceptors (Lipinski definition) is 6. The number of rotatable bonds is 9. The van der Waals surface area contributed by atoms with Crippen molar-refractivity contribution in [3.8, 4) is 85.0 Å². The molecule has 0 amide bonds. The molecule has 0 bridgehead atoms. The van der Waals surface area contributed by atoms with Crippen molar-refractivity contribution >= 4 is 41.5 Å². The van der Waals surface area contributed by atoms with Crippen molar-refractivity contribution in [2.45, 2.75) is 0 Å². The molecule has 0 saturated carbocycles. The van der Waals surface area contributed by atoms with Crippen molar-refractivity contribution in [1.29, 1.82) is 0 Å². The summed E-state index contributed by atoms with van der Waals surface area (Å²) in [6, 6.07) is 47.9. The molecule has 0 N–H and O–H groups in total. The third-order valence-electron chi connectivity index (χ3n) is 12.0. The molecule has 0 aliphatic carbocycles. The van der Waals surface area contributed by atoms with E-state index < -0.39 is 36.6 Å². The topological polar surface area (TPSA) is 92.1 Å². The van der Waals surface area contributed by atoms with Gasteiger partial charge in [0.1, 0.15) is 17.5 Å². The highest BCUT2D eigenvalue weighted by Gasteiger charge is 2.23. The highest BCUT2D eigenvalue weighted by Crippen LogP contribution is 2.39. The summed E-state index contributed by atoms with van der Waals surface area (Å²) in [7, 11) is 0. The Kier molecular flexibility index (Phi) is 7.72. The average Bonchev–Trinajstić information content (AvgIpc) is 3.80. The Morgan fingerprint density at radius 1 is 0.314 bits per heavy atom. The Hall–Kier alpha value is -9.54. The maximum atomic E-state index is 8.62. The lowest BCUT2D eigenvalue weighted by Crippen LogP contribution is -2.02. The van der Waals surface area contributed by atoms with Crippen LogP contribution in [0.5, 0.6) is 0 Å². The Labute approximate surface area is 422 Å². The van der Waals surface area contributed by atoms with Gasteiger partial charge in [0, 0.05) is 77.4 Å². The van der Waals surface area contributed by atoms with Crippen LogP contribution >= 0.6 is 0 Å². The van der Waals surface area contributed by atoms with E-state index in [1.54, 1.807) is 36.4 Å². The monoisotopic (exact) mass is 908 g/mol. The van der Waals surface area contributed by atoms with Gasteiger partial charge in [-0.05, 0) is 127 Å². The Balaban J connectivity index is 0.00000665. The van der Waals surface area contributed by atoms with Crippen molar-refractivity contribution in [3.63, 3.8) is 0 Å². The van der Waals surface area contributed by atoms with Crippen LogP contribution in [0.2, 0.25) is 0 Å². The molecule has 0 spiro atoms. The van der Waals surface area contributed by atoms with Crippen LogP contribution in [-0.2, 0) is 0 Å². The molecule has 9 nitrogen and oxygen atoms in total. The van der Waals surface area contributed by atoms with Crippen LogP contribution in [0, 0.1) is 0 Å². The summed E-state index contributed by atoms with van der Waals surface area (Å²) in [5, 5.41) is 0. The summed E-state index contributed by atoms with van der Waals surface area (Å²) >= 11 is 0. The normalized spacial score (nSPS) is 13.7. The zero-order valence-corrected chi connectivity index (χ0v) is 36.7. The molecular formula is C60H39BN9. The summed E-state index contributed by atoms with van der Waals surface area (Å²) in [6.45, 7) is 0. The lowest BCUT2D eigenvalue weighted by atomic mass is 10.0. The third kappa shape index (κ3) is 7.41. The van der Waals surface area contributed by atoms with Gasteiger partial charge < -0.3 is 0 Å². The first-order valence-corrected chi connectivity index (χ1v) is 21.9. The fourth-order valence-corrected chi connectivity index (χ4v) is 8.86. The van der Waals surface area contributed by atoms with E-state index in [1.807, 2.05) is 141 Å². The van der Waals surface area contributed by atoms with Gasteiger partial charge in [0.2, 0.25) is 0 Å². The van der Waals surface area contributed by atoms with Crippen LogP contribution in [0.1, 0.15) is 16.4 Å². The fraction of sp³-hybridized carbons (Fsp3) is 0. The molecule has 0 aliphatic rings. The number of para-hydroxylation sites is 6. The summed E-state index contributed by atoms with van der Waals surface area (Å²) < 4.78 is 106.